The van der Waals surface area contributed by atoms with Crippen molar-refractivity contribution in [2.75, 3.05) is 18.6 Å². The summed E-state index contributed by atoms with van der Waals surface area (Å²) in [5.74, 6) is 0.383. The molecule has 0 bridgehead atoms. The number of fused-ring (bicyclic) bond motifs is 1. The van der Waals surface area contributed by atoms with E-state index in [9.17, 15) is 22.8 Å². The largest absolute Gasteiger partial charge is 0.497 e. The highest BCUT2D eigenvalue weighted by atomic mass is 35.5. The van der Waals surface area contributed by atoms with Gasteiger partial charge in [0, 0.05) is 18.7 Å². The molecule has 2 aromatic carbocycles. The number of anilines is 1. The molecular weight excluding hydrogens is 481 g/mol. The van der Waals surface area contributed by atoms with Crippen LogP contribution in [0.1, 0.15) is 61.0 Å². The smallest absolute Gasteiger partial charge is 0.416 e. The molecule has 0 saturated heterocycles. The van der Waals surface area contributed by atoms with Crippen molar-refractivity contribution < 1.29 is 27.5 Å². The Morgan fingerprint density at radius 1 is 1.14 bits per heavy atom. The molecule has 4 rings (SSSR count). The van der Waals surface area contributed by atoms with Crippen molar-refractivity contribution in [2.45, 2.75) is 57.2 Å². The number of halogens is 4. The number of carbonyl (C=O) groups is 2. The molecule has 0 aromatic heterocycles. The highest BCUT2D eigenvalue weighted by Crippen LogP contribution is 2.44. The maximum atomic E-state index is 13.2. The Bertz CT molecular complexity index is 1140. The number of rotatable bonds is 5. The molecule has 9 heteroatoms. The number of hydrogen-bond donors (Lipinski definition) is 1. The minimum atomic E-state index is -4.55. The van der Waals surface area contributed by atoms with Gasteiger partial charge in [-0.3, -0.25) is 9.59 Å². The standard InChI is InChI=1S/C26H28ClF3N2O3/c1-25(2)20-10-9-18(35-3)13-22(20)32(24(25)34)14-15-4-7-17(8-5-15)31-23(33)19-12-16(26(28,29)30)6-11-21(19)27/h6,9-13,15,17H,4-5,7-8,14H2,1-3H3,(H,31,33)/t15-,17-. The summed E-state index contributed by atoms with van der Waals surface area (Å²) in [6, 6.07) is 8.28. The van der Waals surface area contributed by atoms with Crippen LogP contribution >= 0.6 is 11.6 Å². The van der Waals surface area contributed by atoms with E-state index in [1.807, 2.05) is 36.9 Å². The van der Waals surface area contributed by atoms with Crippen molar-refractivity contribution in [1.29, 1.82) is 0 Å². The van der Waals surface area contributed by atoms with E-state index in [2.05, 4.69) is 5.32 Å². The third-order valence-electron chi connectivity index (χ3n) is 7.11. The van der Waals surface area contributed by atoms with E-state index in [4.69, 9.17) is 16.3 Å². The summed E-state index contributed by atoms with van der Waals surface area (Å²) in [6.45, 7) is 4.42. The van der Waals surface area contributed by atoms with Crippen LogP contribution in [0.25, 0.3) is 0 Å². The third-order valence-corrected chi connectivity index (χ3v) is 7.44. The Labute approximate surface area is 207 Å². The number of hydrogen-bond acceptors (Lipinski definition) is 3. The molecule has 1 aliphatic heterocycles. The third kappa shape index (κ3) is 4.99. The lowest BCUT2D eigenvalue weighted by atomic mass is 9.85. The quantitative estimate of drug-likeness (QED) is 0.540. The van der Waals surface area contributed by atoms with E-state index >= 15 is 0 Å². The lowest BCUT2D eigenvalue weighted by molar-refractivity contribution is -0.137. The minimum Gasteiger partial charge on any atom is -0.497 e. The van der Waals surface area contributed by atoms with Crippen molar-refractivity contribution in [2.24, 2.45) is 5.92 Å². The first-order valence-electron chi connectivity index (χ1n) is 11.6. The van der Waals surface area contributed by atoms with E-state index in [-0.39, 0.29) is 28.5 Å². The van der Waals surface area contributed by atoms with Crippen LogP contribution < -0.4 is 15.0 Å². The average Bonchev–Trinajstić information content (AvgIpc) is 2.99. The van der Waals surface area contributed by atoms with E-state index in [0.717, 1.165) is 42.3 Å². The molecule has 1 aliphatic carbocycles. The first-order valence-corrected chi connectivity index (χ1v) is 12.0. The molecular formula is C26H28ClF3N2O3. The first-order chi connectivity index (χ1) is 16.4. The predicted octanol–water partition coefficient (Wildman–Crippen LogP) is 5.98. The molecule has 1 fully saturated rings. The fourth-order valence-corrected chi connectivity index (χ4v) is 5.22. The number of amides is 2. The number of benzene rings is 2. The summed E-state index contributed by atoms with van der Waals surface area (Å²) in [4.78, 5) is 27.7. The van der Waals surface area contributed by atoms with Crippen molar-refractivity contribution in [1.82, 2.24) is 5.32 Å². The second kappa shape index (κ2) is 9.37. The summed E-state index contributed by atoms with van der Waals surface area (Å²) in [5, 5.41) is 2.81. The van der Waals surface area contributed by atoms with E-state index in [1.165, 1.54) is 0 Å². The fourth-order valence-electron chi connectivity index (χ4n) is 5.02. The van der Waals surface area contributed by atoms with Gasteiger partial charge in [0.25, 0.3) is 5.91 Å². The van der Waals surface area contributed by atoms with Gasteiger partial charge in [0.05, 0.1) is 34.4 Å². The van der Waals surface area contributed by atoms with Gasteiger partial charge in [0.1, 0.15) is 5.75 Å². The molecule has 1 saturated carbocycles. The number of alkyl halides is 3. The predicted molar refractivity (Wildman–Crippen MR) is 128 cm³/mol. The topological polar surface area (TPSA) is 58.6 Å². The van der Waals surface area contributed by atoms with Crippen LogP contribution in [0.15, 0.2) is 36.4 Å². The van der Waals surface area contributed by atoms with Gasteiger partial charge >= 0.3 is 6.18 Å². The van der Waals surface area contributed by atoms with Gasteiger partial charge in [-0.25, -0.2) is 0 Å². The SMILES string of the molecule is COc1ccc2c(c1)N(C[C@H]1CC[C@H](NC(=O)c3cc(C(F)(F)F)ccc3Cl)CC1)C(=O)C2(C)C. The molecule has 35 heavy (non-hydrogen) atoms. The second-order valence-corrected chi connectivity index (χ2v) is 10.2. The molecule has 5 nitrogen and oxygen atoms in total. The zero-order chi connectivity index (χ0) is 25.5. The molecule has 0 spiro atoms. The summed E-state index contributed by atoms with van der Waals surface area (Å²) in [7, 11) is 1.59. The van der Waals surface area contributed by atoms with Gasteiger partial charge in [-0.1, -0.05) is 17.7 Å². The lowest BCUT2D eigenvalue weighted by Crippen LogP contribution is -2.42. The Morgan fingerprint density at radius 3 is 2.46 bits per heavy atom. The number of methoxy groups -OCH3 is 1. The van der Waals surface area contributed by atoms with Crippen LogP contribution in [0.5, 0.6) is 5.75 Å². The highest BCUT2D eigenvalue weighted by Gasteiger charge is 2.44. The molecule has 1 N–H and O–H groups in total. The Morgan fingerprint density at radius 2 is 1.83 bits per heavy atom. The van der Waals surface area contributed by atoms with Crippen molar-refractivity contribution in [3.8, 4) is 5.75 Å². The molecule has 0 atom stereocenters. The lowest BCUT2D eigenvalue weighted by Gasteiger charge is -2.32. The van der Waals surface area contributed by atoms with Gasteiger partial charge in [0.2, 0.25) is 5.91 Å². The molecule has 2 aliphatic rings. The van der Waals surface area contributed by atoms with Gasteiger partial charge in [-0.2, -0.15) is 13.2 Å². The van der Waals surface area contributed by atoms with Gasteiger partial charge in [-0.15, -0.1) is 0 Å². The minimum absolute atomic E-state index is 0.0200. The van der Waals surface area contributed by atoms with E-state index in [1.54, 1.807) is 7.11 Å². The number of carbonyl (C=O) groups excluding carboxylic acids is 2. The molecule has 188 valence electrons. The second-order valence-electron chi connectivity index (χ2n) is 9.81. The van der Waals surface area contributed by atoms with E-state index in [0.29, 0.717) is 25.1 Å². The molecule has 2 aromatic rings. The number of ether oxygens (including phenoxy) is 1. The highest BCUT2D eigenvalue weighted by molar-refractivity contribution is 6.33. The normalized spacial score (nSPS) is 21.6. The van der Waals surface area contributed by atoms with Gasteiger partial charge in [0.15, 0.2) is 0 Å². The Balaban J connectivity index is 1.39. The molecule has 1 heterocycles. The summed E-state index contributed by atoms with van der Waals surface area (Å²) in [5.41, 5.74) is 0.137. The summed E-state index contributed by atoms with van der Waals surface area (Å²) in [6.07, 6.45) is -1.65. The fraction of sp³-hybridized carbons (Fsp3) is 0.462. The number of nitrogens with one attached hydrogen (secondary N) is 1. The van der Waals surface area contributed by atoms with Crippen molar-refractivity contribution in [3.63, 3.8) is 0 Å². The van der Waals surface area contributed by atoms with Crippen molar-refractivity contribution in [3.05, 3.63) is 58.1 Å². The first kappa shape index (κ1) is 25.4. The van der Waals surface area contributed by atoms with Crippen LogP contribution in [0.3, 0.4) is 0 Å². The van der Waals surface area contributed by atoms with Crippen LogP contribution in [0, 0.1) is 5.92 Å². The van der Waals surface area contributed by atoms with Crippen LogP contribution in [0.4, 0.5) is 18.9 Å². The van der Waals surface area contributed by atoms with Gasteiger partial charge < -0.3 is 15.0 Å². The van der Waals surface area contributed by atoms with Crippen molar-refractivity contribution >= 4 is 29.1 Å². The molecule has 0 radical (unpaired) electrons. The summed E-state index contributed by atoms with van der Waals surface area (Å²) < 4.78 is 44.5. The van der Waals surface area contributed by atoms with Crippen LogP contribution in [-0.2, 0) is 16.4 Å². The van der Waals surface area contributed by atoms with Crippen LogP contribution in [0.2, 0.25) is 5.02 Å². The van der Waals surface area contributed by atoms with Crippen LogP contribution in [-0.4, -0.2) is 31.5 Å². The summed E-state index contributed by atoms with van der Waals surface area (Å²) >= 11 is 6.00. The zero-order valence-electron chi connectivity index (χ0n) is 19.8. The van der Waals surface area contributed by atoms with Gasteiger partial charge in [-0.05, 0) is 75.3 Å². The molecule has 2 amide bonds. The Kier molecular flexibility index (Phi) is 6.79. The van der Waals surface area contributed by atoms with E-state index < -0.39 is 23.1 Å². The average molecular weight is 509 g/mol. The molecule has 0 unspecified atom stereocenters. The maximum Gasteiger partial charge on any atom is 0.416 e. The Hall–Kier alpha value is -2.74. The monoisotopic (exact) mass is 508 g/mol. The zero-order valence-corrected chi connectivity index (χ0v) is 20.6. The maximum absolute atomic E-state index is 13.2. The number of nitrogens with zero attached hydrogens (tertiary/aromatic N) is 1.